The quantitative estimate of drug-likeness (QED) is 0.725. The Morgan fingerprint density at radius 1 is 1.38 bits per heavy atom. The fraction of sp³-hybridized carbons (Fsp3) is 0.500. The molecule has 86 valence electrons. The molecule has 1 aromatic rings. The Morgan fingerprint density at radius 2 is 2.00 bits per heavy atom. The number of hydrogen-bond acceptors (Lipinski definition) is 2. The number of esters is 1. The van der Waals surface area contributed by atoms with Gasteiger partial charge in [-0.1, -0.05) is 44.2 Å². The molecule has 16 heavy (non-hydrogen) atoms. The van der Waals surface area contributed by atoms with Crippen LogP contribution in [0.1, 0.15) is 32.3 Å². The summed E-state index contributed by atoms with van der Waals surface area (Å²) in [4.78, 5) is 11.8. The molecule has 0 aromatic heterocycles. The lowest BCUT2D eigenvalue weighted by Gasteiger charge is -2.17. The molecule has 0 bridgehead atoms. The van der Waals surface area contributed by atoms with Crippen LogP contribution >= 0.6 is 0 Å². The Balaban J connectivity index is 1.84. The number of carbonyl (C=O) groups is 1. The fourth-order valence-corrected chi connectivity index (χ4v) is 1.77. The topological polar surface area (TPSA) is 26.3 Å². The summed E-state index contributed by atoms with van der Waals surface area (Å²) < 4.78 is 5.32. The van der Waals surface area contributed by atoms with Gasteiger partial charge in [-0.05, 0) is 23.8 Å². The predicted molar refractivity (Wildman–Crippen MR) is 62.7 cm³/mol. The number of benzene rings is 1. The van der Waals surface area contributed by atoms with Crippen molar-refractivity contribution < 1.29 is 9.53 Å². The van der Waals surface area contributed by atoms with Gasteiger partial charge in [-0.3, -0.25) is 4.79 Å². The molecule has 0 N–H and O–H groups in total. The molecule has 2 heteroatoms. The van der Waals surface area contributed by atoms with Gasteiger partial charge in [-0.2, -0.15) is 0 Å². The lowest BCUT2D eigenvalue weighted by molar-refractivity contribution is -0.151. The van der Waals surface area contributed by atoms with E-state index in [0.717, 1.165) is 18.4 Å². The average Bonchev–Trinajstić information content (AvgIpc) is 3.06. The highest BCUT2D eigenvalue weighted by atomic mass is 16.5. The first-order chi connectivity index (χ1) is 7.62. The van der Waals surface area contributed by atoms with Crippen molar-refractivity contribution in [3.05, 3.63) is 35.9 Å². The number of rotatable bonds is 4. The molecule has 0 spiro atoms. The largest absolute Gasteiger partial charge is 0.461 e. The molecule has 0 amide bonds. The minimum atomic E-state index is -0.0659. The highest BCUT2D eigenvalue weighted by molar-refractivity contribution is 5.73. The summed E-state index contributed by atoms with van der Waals surface area (Å²) in [6, 6.07) is 9.80. The van der Waals surface area contributed by atoms with Crippen molar-refractivity contribution in [2.75, 3.05) is 0 Å². The summed E-state index contributed by atoms with van der Waals surface area (Å²) in [6.45, 7) is 4.52. The Hall–Kier alpha value is -1.31. The van der Waals surface area contributed by atoms with Crippen molar-refractivity contribution in [3.8, 4) is 0 Å². The van der Waals surface area contributed by atoms with Crippen molar-refractivity contribution in [2.45, 2.75) is 33.3 Å². The van der Waals surface area contributed by atoms with Gasteiger partial charge in [0.05, 0.1) is 5.92 Å². The third-order valence-corrected chi connectivity index (χ3v) is 3.66. The molecule has 1 aromatic carbocycles. The predicted octanol–water partition coefficient (Wildman–Crippen LogP) is 3.17. The van der Waals surface area contributed by atoms with Crippen LogP contribution < -0.4 is 0 Å². The van der Waals surface area contributed by atoms with Crippen LogP contribution in [0.15, 0.2) is 30.3 Å². The summed E-state index contributed by atoms with van der Waals surface area (Å²) >= 11 is 0. The molecular formula is C14H18O2. The van der Waals surface area contributed by atoms with Crippen LogP contribution in [0.25, 0.3) is 0 Å². The second-order valence-electron chi connectivity index (χ2n) is 4.97. The summed E-state index contributed by atoms with van der Waals surface area (Å²) in [5, 5.41) is 0. The summed E-state index contributed by atoms with van der Waals surface area (Å²) in [6.07, 6.45) is 2.29. The molecular weight excluding hydrogens is 200 g/mol. The zero-order valence-electron chi connectivity index (χ0n) is 9.90. The Labute approximate surface area is 96.6 Å². The van der Waals surface area contributed by atoms with Crippen LogP contribution in [-0.4, -0.2) is 5.97 Å². The van der Waals surface area contributed by atoms with E-state index in [4.69, 9.17) is 4.74 Å². The molecule has 0 radical (unpaired) electrons. The molecule has 1 aliphatic carbocycles. The van der Waals surface area contributed by atoms with E-state index in [0.29, 0.717) is 6.61 Å². The van der Waals surface area contributed by atoms with Crippen molar-refractivity contribution in [1.82, 2.24) is 0 Å². The lowest BCUT2D eigenvalue weighted by Crippen LogP contribution is -2.22. The fourth-order valence-electron chi connectivity index (χ4n) is 1.77. The lowest BCUT2D eigenvalue weighted by atomic mass is 9.93. The van der Waals surface area contributed by atoms with Gasteiger partial charge < -0.3 is 4.74 Å². The van der Waals surface area contributed by atoms with Gasteiger partial charge in [0, 0.05) is 0 Å². The molecule has 1 fully saturated rings. The highest BCUT2D eigenvalue weighted by Crippen LogP contribution is 2.51. The SMILES string of the molecule is CC(C(=O)OCc1ccccc1)C1(C)CC1. The van der Waals surface area contributed by atoms with Crippen LogP contribution in [0.4, 0.5) is 0 Å². The first-order valence-corrected chi connectivity index (χ1v) is 5.82. The zero-order valence-corrected chi connectivity index (χ0v) is 9.90. The molecule has 0 heterocycles. The van der Waals surface area contributed by atoms with Gasteiger partial charge in [-0.25, -0.2) is 0 Å². The number of carbonyl (C=O) groups excluding carboxylic acids is 1. The second-order valence-corrected chi connectivity index (χ2v) is 4.97. The van der Waals surface area contributed by atoms with E-state index in [1.165, 1.54) is 0 Å². The molecule has 1 saturated carbocycles. The molecule has 0 saturated heterocycles. The van der Waals surface area contributed by atoms with Gasteiger partial charge in [0.25, 0.3) is 0 Å². The van der Waals surface area contributed by atoms with Gasteiger partial charge in [-0.15, -0.1) is 0 Å². The second kappa shape index (κ2) is 4.28. The molecule has 2 rings (SSSR count). The van der Waals surface area contributed by atoms with E-state index in [1.54, 1.807) is 0 Å². The normalized spacial score (nSPS) is 18.9. The molecule has 0 aliphatic heterocycles. The number of ether oxygens (including phenoxy) is 1. The summed E-state index contributed by atoms with van der Waals surface area (Å²) in [7, 11) is 0. The highest BCUT2D eigenvalue weighted by Gasteiger charge is 2.46. The summed E-state index contributed by atoms with van der Waals surface area (Å²) in [5.74, 6) is -0.0416. The maximum Gasteiger partial charge on any atom is 0.309 e. The van der Waals surface area contributed by atoms with Crippen molar-refractivity contribution >= 4 is 5.97 Å². The van der Waals surface area contributed by atoms with Crippen LogP contribution in [0, 0.1) is 11.3 Å². The maximum absolute atomic E-state index is 11.8. The van der Waals surface area contributed by atoms with Gasteiger partial charge in [0.15, 0.2) is 0 Å². The number of hydrogen-bond donors (Lipinski definition) is 0. The van der Waals surface area contributed by atoms with E-state index in [-0.39, 0.29) is 17.3 Å². The van der Waals surface area contributed by atoms with Gasteiger partial charge in [0.2, 0.25) is 0 Å². The third-order valence-electron chi connectivity index (χ3n) is 3.66. The summed E-state index contributed by atoms with van der Waals surface area (Å²) in [5.41, 5.74) is 1.25. The third kappa shape index (κ3) is 2.43. The van der Waals surface area contributed by atoms with Gasteiger partial charge >= 0.3 is 5.97 Å². The van der Waals surface area contributed by atoms with Gasteiger partial charge in [0.1, 0.15) is 6.61 Å². The van der Waals surface area contributed by atoms with Crippen molar-refractivity contribution in [3.63, 3.8) is 0 Å². The Bertz CT molecular complexity index is 366. The first kappa shape index (κ1) is 11.2. The maximum atomic E-state index is 11.8. The minimum Gasteiger partial charge on any atom is -0.461 e. The first-order valence-electron chi connectivity index (χ1n) is 5.82. The van der Waals surface area contributed by atoms with E-state index < -0.39 is 0 Å². The molecule has 1 atom stereocenters. The smallest absolute Gasteiger partial charge is 0.309 e. The zero-order chi connectivity index (χ0) is 11.6. The van der Waals surface area contributed by atoms with E-state index in [9.17, 15) is 4.79 Å². The standard InChI is InChI=1S/C14H18O2/c1-11(14(2)8-9-14)13(15)16-10-12-6-4-3-5-7-12/h3-7,11H,8-10H2,1-2H3. The monoisotopic (exact) mass is 218 g/mol. The van der Waals surface area contributed by atoms with Crippen LogP contribution in [0.2, 0.25) is 0 Å². The van der Waals surface area contributed by atoms with Crippen molar-refractivity contribution in [1.29, 1.82) is 0 Å². The van der Waals surface area contributed by atoms with Crippen molar-refractivity contribution in [2.24, 2.45) is 11.3 Å². The molecule has 1 aliphatic rings. The Morgan fingerprint density at radius 3 is 2.56 bits per heavy atom. The van der Waals surface area contributed by atoms with E-state index >= 15 is 0 Å². The molecule has 2 nitrogen and oxygen atoms in total. The van der Waals surface area contributed by atoms with E-state index in [1.807, 2.05) is 37.3 Å². The molecule has 1 unspecified atom stereocenters. The Kier molecular flexibility index (Phi) is 2.99. The minimum absolute atomic E-state index is 0.0243. The van der Waals surface area contributed by atoms with E-state index in [2.05, 4.69) is 6.92 Å². The van der Waals surface area contributed by atoms with Crippen LogP contribution in [-0.2, 0) is 16.1 Å². The van der Waals surface area contributed by atoms with Crippen LogP contribution in [0.5, 0.6) is 0 Å². The average molecular weight is 218 g/mol. The van der Waals surface area contributed by atoms with Crippen LogP contribution in [0.3, 0.4) is 0 Å².